The quantitative estimate of drug-likeness (QED) is 0.613. The zero-order chi connectivity index (χ0) is 22.4. The van der Waals surface area contributed by atoms with Crippen LogP contribution in [-0.4, -0.2) is 46.8 Å². The molecule has 6 nitrogen and oxygen atoms in total. The minimum Gasteiger partial charge on any atom is -0.381 e. The highest BCUT2D eigenvalue weighted by Gasteiger charge is 2.52. The summed E-state index contributed by atoms with van der Waals surface area (Å²) >= 11 is 0. The molecule has 33 heavy (non-hydrogen) atoms. The highest BCUT2D eigenvalue weighted by atomic mass is 16.2. The predicted molar refractivity (Wildman–Crippen MR) is 132 cm³/mol. The van der Waals surface area contributed by atoms with Gasteiger partial charge in [0.15, 0.2) is 0 Å². The first kappa shape index (κ1) is 20.5. The van der Waals surface area contributed by atoms with E-state index in [1.54, 1.807) is 0 Å². The number of hydrogen-bond donors (Lipinski definition) is 2. The number of carbonyl (C=O) groups excluding carboxylic acids is 1. The Labute approximate surface area is 195 Å². The monoisotopic (exact) mass is 441 g/mol. The van der Waals surface area contributed by atoms with Gasteiger partial charge in [0.2, 0.25) is 5.91 Å². The number of piperidine rings is 1. The van der Waals surface area contributed by atoms with Crippen molar-refractivity contribution < 1.29 is 4.79 Å². The summed E-state index contributed by atoms with van der Waals surface area (Å²) in [6.45, 7) is 2.92. The molecule has 2 N–H and O–H groups in total. The molecule has 2 aromatic carbocycles. The molecular formula is C27H31N5O. The average Bonchev–Trinajstić information content (AvgIpc) is 3.37. The molecule has 0 atom stereocenters. The van der Waals surface area contributed by atoms with Crippen molar-refractivity contribution in [3.63, 3.8) is 0 Å². The zero-order valence-electron chi connectivity index (χ0n) is 19.2. The molecule has 3 aliphatic rings. The SMILES string of the molecule is CN1CCC(Nc2cc(-c3ccnn3Cc3ccccc3)cc3c2NC(=O)C32CCC2)CC1. The first-order chi connectivity index (χ1) is 16.1. The van der Waals surface area contributed by atoms with Crippen molar-refractivity contribution in [1.82, 2.24) is 14.7 Å². The highest BCUT2D eigenvalue weighted by Crippen LogP contribution is 2.54. The Kier molecular flexibility index (Phi) is 4.98. The maximum atomic E-state index is 13.1. The maximum absolute atomic E-state index is 13.1. The number of nitrogens with one attached hydrogen (secondary N) is 2. The molecule has 170 valence electrons. The minimum atomic E-state index is -0.348. The zero-order valence-corrected chi connectivity index (χ0v) is 19.2. The lowest BCUT2D eigenvalue weighted by Crippen LogP contribution is -2.40. The van der Waals surface area contributed by atoms with Gasteiger partial charge in [-0.05, 0) is 75.1 Å². The summed E-state index contributed by atoms with van der Waals surface area (Å²) in [7, 11) is 2.18. The van der Waals surface area contributed by atoms with Crippen molar-refractivity contribution in [3.8, 4) is 11.3 Å². The Morgan fingerprint density at radius 1 is 1.12 bits per heavy atom. The number of nitrogens with zero attached hydrogens (tertiary/aromatic N) is 3. The van der Waals surface area contributed by atoms with Crippen LogP contribution in [0.15, 0.2) is 54.7 Å². The standard InChI is InChI=1S/C27H31N5O/c1-31-14-9-21(10-15-31)29-23-17-20(16-22-25(23)30-26(33)27(22)11-5-12-27)24-8-13-28-32(24)18-19-6-3-2-4-7-19/h2-4,6-8,13,16-17,21,29H,5,9-12,14-15,18H2,1H3,(H,30,33). The van der Waals surface area contributed by atoms with Crippen LogP contribution in [0.25, 0.3) is 11.3 Å². The third-order valence-electron chi connectivity index (χ3n) is 7.80. The lowest BCUT2D eigenvalue weighted by molar-refractivity contribution is -0.123. The lowest BCUT2D eigenvalue weighted by Gasteiger charge is -2.36. The fourth-order valence-electron chi connectivity index (χ4n) is 5.63. The van der Waals surface area contributed by atoms with Crippen LogP contribution in [0.1, 0.15) is 43.2 Å². The molecule has 2 fully saturated rings. The fraction of sp³-hybridized carbons (Fsp3) is 0.407. The second kappa shape index (κ2) is 8.03. The molecule has 1 saturated heterocycles. The summed E-state index contributed by atoms with van der Waals surface area (Å²) in [5, 5.41) is 11.7. The Morgan fingerprint density at radius 3 is 2.64 bits per heavy atom. The van der Waals surface area contributed by atoms with Gasteiger partial charge < -0.3 is 15.5 Å². The summed E-state index contributed by atoms with van der Waals surface area (Å²) in [5.74, 6) is 0.171. The first-order valence-corrected chi connectivity index (χ1v) is 12.1. The number of hydrogen-bond acceptors (Lipinski definition) is 4. The van der Waals surface area contributed by atoms with E-state index in [-0.39, 0.29) is 11.3 Å². The number of fused-ring (bicyclic) bond motifs is 2. The Balaban J connectivity index is 1.40. The number of rotatable bonds is 5. The Morgan fingerprint density at radius 2 is 1.91 bits per heavy atom. The topological polar surface area (TPSA) is 62.2 Å². The predicted octanol–water partition coefficient (Wildman–Crippen LogP) is 4.48. The van der Waals surface area contributed by atoms with E-state index < -0.39 is 0 Å². The summed E-state index contributed by atoms with van der Waals surface area (Å²) < 4.78 is 2.06. The van der Waals surface area contributed by atoms with Crippen molar-refractivity contribution in [2.75, 3.05) is 30.8 Å². The molecule has 1 amide bonds. The Hall–Kier alpha value is -3.12. The molecule has 2 aliphatic heterocycles. The van der Waals surface area contributed by atoms with Crippen molar-refractivity contribution in [3.05, 3.63) is 65.9 Å². The van der Waals surface area contributed by atoms with Crippen LogP contribution in [-0.2, 0) is 16.8 Å². The molecule has 1 spiro atoms. The van der Waals surface area contributed by atoms with Crippen molar-refractivity contribution in [2.24, 2.45) is 0 Å². The van der Waals surface area contributed by atoms with Gasteiger partial charge in [0, 0.05) is 17.8 Å². The summed E-state index contributed by atoms with van der Waals surface area (Å²) in [6.07, 6.45) is 7.08. The van der Waals surface area contributed by atoms with E-state index in [2.05, 4.69) is 74.8 Å². The second-order valence-electron chi connectivity index (χ2n) is 9.92. The smallest absolute Gasteiger partial charge is 0.235 e. The molecular weight excluding hydrogens is 410 g/mol. The molecule has 0 bridgehead atoms. The van der Waals surface area contributed by atoms with Crippen LogP contribution >= 0.6 is 0 Å². The van der Waals surface area contributed by atoms with E-state index in [1.165, 1.54) is 11.1 Å². The highest BCUT2D eigenvalue weighted by molar-refractivity contribution is 6.10. The van der Waals surface area contributed by atoms with Crippen molar-refractivity contribution >= 4 is 17.3 Å². The van der Waals surface area contributed by atoms with Crippen molar-refractivity contribution in [1.29, 1.82) is 0 Å². The lowest BCUT2D eigenvalue weighted by atomic mass is 9.65. The van der Waals surface area contributed by atoms with Crippen LogP contribution in [0.4, 0.5) is 11.4 Å². The van der Waals surface area contributed by atoms with E-state index in [0.717, 1.165) is 74.4 Å². The molecule has 0 radical (unpaired) electrons. The van der Waals surface area contributed by atoms with Gasteiger partial charge in [-0.15, -0.1) is 0 Å². The Bertz CT molecular complexity index is 1170. The van der Waals surface area contributed by atoms with E-state index in [4.69, 9.17) is 0 Å². The van der Waals surface area contributed by atoms with E-state index in [9.17, 15) is 4.79 Å². The van der Waals surface area contributed by atoms with Gasteiger partial charge in [-0.1, -0.05) is 36.8 Å². The third-order valence-corrected chi connectivity index (χ3v) is 7.80. The number of likely N-dealkylation sites (tertiary alicyclic amines) is 1. The van der Waals surface area contributed by atoms with Crippen LogP contribution in [0, 0.1) is 0 Å². The molecule has 0 unspecified atom stereocenters. The minimum absolute atomic E-state index is 0.171. The third kappa shape index (κ3) is 3.53. The van der Waals surface area contributed by atoms with Gasteiger partial charge >= 0.3 is 0 Å². The molecule has 6 rings (SSSR count). The molecule has 3 aromatic rings. The van der Waals surface area contributed by atoms with Crippen LogP contribution < -0.4 is 10.6 Å². The van der Waals surface area contributed by atoms with Gasteiger partial charge in [-0.2, -0.15) is 5.10 Å². The molecule has 3 heterocycles. The fourth-order valence-corrected chi connectivity index (χ4v) is 5.63. The van der Waals surface area contributed by atoms with Gasteiger partial charge in [0.25, 0.3) is 0 Å². The first-order valence-electron chi connectivity index (χ1n) is 12.1. The second-order valence-corrected chi connectivity index (χ2v) is 9.92. The summed E-state index contributed by atoms with van der Waals surface area (Å²) in [6, 6.07) is 17.4. The molecule has 1 saturated carbocycles. The number of carbonyl (C=O) groups is 1. The average molecular weight is 442 g/mol. The van der Waals surface area contributed by atoms with Gasteiger partial charge in [-0.25, -0.2) is 0 Å². The molecule has 6 heteroatoms. The van der Waals surface area contributed by atoms with Crippen LogP contribution in [0.5, 0.6) is 0 Å². The number of amides is 1. The van der Waals surface area contributed by atoms with Crippen molar-refractivity contribution in [2.45, 2.75) is 50.1 Å². The molecule has 1 aliphatic carbocycles. The summed E-state index contributed by atoms with van der Waals surface area (Å²) in [4.78, 5) is 15.4. The number of benzene rings is 2. The molecule has 1 aromatic heterocycles. The van der Waals surface area contributed by atoms with E-state index in [0.29, 0.717) is 6.04 Å². The van der Waals surface area contributed by atoms with Crippen LogP contribution in [0.2, 0.25) is 0 Å². The van der Waals surface area contributed by atoms with E-state index in [1.807, 2.05) is 12.3 Å². The number of aromatic nitrogens is 2. The van der Waals surface area contributed by atoms with Gasteiger partial charge in [0.05, 0.1) is 29.0 Å². The number of anilines is 2. The largest absolute Gasteiger partial charge is 0.381 e. The van der Waals surface area contributed by atoms with Crippen LogP contribution in [0.3, 0.4) is 0 Å². The van der Waals surface area contributed by atoms with Gasteiger partial charge in [-0.3, -0.25) is 9.48 Å². The van der Waals surface area contributed by atoms with Gasteiger partial charge in [0.1, 0.15) is 0 Å². The maximum Gasteiger partial charge on any atom is 0.235 e. The normalized spacial score (nSPS) is 19.8. The van der Waals surface area contributed by atoms with E-state index >= 15 is 0 Å². The summed E-state index contributed by atoms with van der Waals surface area (Å²) in [5.41, 5.74) is 6.30.